The van der Waals surface area contributed by atoms with Crippen molar-refractivity contribution in [2.75, 3.05) is 12.4 Å². The zero-order valence-corrected chi connectivity index (χ0v) is 18.7. The minimum absolute atomic E-state index is 0.201. The third-order valence-corrected chi connectivity index (χ3v) is 4.94. The van der Waals surface area contributed by atoms with E-state index < -0.39 is 17.8 Å². The third kappa shape index (κ3) is 6.31. The number of methoxy groups -OCH3 is 1. The largest absolute Gasteiger partial charge is 0.496 e. The molecule has 0 radical (unpaired) electrons. The molecular formula is C23H17Cl2N3O5. The molecule has 0 saturated carbocycles. The van der Waals surface area contributed by atoms with Gasteiger partial charge in [0.15, 0.2) is 0 Å². The van der Waals surface area contributed by atoms with Gasteiger partial charge in [0.05, 0.1) is 23.4 Å². The molecule has 2 N–H and O–H groups in total. The molecule has 0 heterocycles. The number of benzene rings is 3. The number of halogens is 2. The van der Waals surface area contributed by atoms with Crippen molar-refractivity contribution < 1.29 is 23.9 Å². The molecule has 0 saturated heterocycles. The van der Waals surface area contributed by atoms with E-state index in [4.69, 9.17) is 32.7 Å². The van der Waals surface area contributed by atoms with Crippen LogP contribution in [0.4, 0.5) is 5.69 Å². The van der Waals surface area contributed by atoms with Gasteiger partial charge in [-0.15, -0.1) is 0 Å². The summed E-state index contributed by atoms with van der Waals surface area (Å²) < 4.78 is 10.6. The quantitative estimate of drug-likeness (QED) is 0.178. The van der Waals surface area contributed by atoms with E-state index in [1.807, 2.05) is 0 Å². The molecule has 3 rings (SSSR count). The number of rotatable bonds is 6. The van der Waals surface area contributed by atoms with Crippen molar-refractivity contribution in [2.24, 2.45) is 5.10 Å². The van der Waals surface area contributed by atoms with E-state index in [1.54, 1.807) is 48.5 Å². The molecule has 0 fully saturated rings. The zero-order chi connectivity index (χ0) is 23.8. The summed E-state index contributed by atoms with van der Waals surface area (Å²) in [7, 11) is 1.45. The maximum Gasteiger partial charge on any atom is 0.347 e. The summed E-state index contributed by atoms with van der Waals surface area (Å²) in [4.78, 5) is 36.6. The molecule has 168 valence electrons. The van der Waals surface area contributed by atoms with Crippen LogP contribution in [0.3, 0.4) is 0 Å². The van der Waals surface area contributed by atoms with Gasteiger partial charge in [-0.1, -0.05) is 47.5 Å². The lowest BCUT2D eigenvalue weighted by atomic mass is 10.2. The van der Waals surface area contributed by atoms with Gasteiger partial charge >= 0.3 is 17.8 Å². The molecule has 0 atom stereocenters. The second-order valence-corrected chi connectivity index (χ2v) is 7.22. The zero-order valence-electron chi connectivity index (χ0n) is 17.2. The number of anilines is 1. The van der Waals surface area contributed by atoms with E-state index in [0.29, 0.717) is 22.0 Å². The summed E-state index contributed by atoms with van der Waals surface area (Å²) >= 11 is 11.7. The number of para-hydroxylation sites is 2. The Morgan fingerprint density at radius 1 is 0.879 bits per heavy atom. The van der Waals surface area contributed by atoms with Gasteiger partial charge in [-0.2, -0.15) is 5.10 Å². The first kappa shape index (κ1) is 23.8. The summed E-state index contributed by atoms with van der Waals surface area (Å²) in [5.74, 6) is -2.03. The van der Waals surface area contributed by atoms with Gasteiger partial charge in [-0.05, 0) is 42.5 Å². The molecule has 3 aromatic carbocycles. The van der Waals surface area contributed by atoms with E-state index in [2.05, 4.69) is 15.8 Å². The maximum absolute atomic E-state index is 12.5. The smallest absolute Gasteiger partial charge is 0.347 e. The SMILES string of the molecule is COc1ccccc1C(=O)Oc1ccccc1/C=N/NC(=O)C(=O)Nc1ccc(Cl)c(Cl)c1. The number of hydrogen-bond donors (Lipinski definition) is 2. The molecule has 0 aromatic heterocycles. The standard InChI is InChI=1S/C23H17Cl2N3O5/c1-32-20-9-5-3-7-16(20)23(31)33-19-8-4-2-6-14(19)13-26-28-22(30)21(29)27-15-10-11-17(24)18(25)12-15/h2-13H,1H3,(H,27,29)(H,28,30)/b26-13+. The molecule has 0 aliphatic carbocycles. The third-order valence-electron chi connectivity index (χ3n) is 4.20. The Kier molecular flexibility index (Phi) is 8.01. The number of hydrazone groups is 1. The highest BCUT2D eigenvalue weighted by atomic mass is 35.5. The van der Waals surface area contributed by atoms with Crippen LogP contribution in [0.25, 0.3) is 0 Å². The van der Waals surface area contributed by atoms with E-state index in [1.165, 1.54) is 31.5 Å². The summed E-state index contributed by atoms with van der Waals surface area (Å²) in [6.45, 7) is 0. The van der Waals surface area contributed by atoms with Crippen LogP contribution in [0.15, 0.2) is 71.8 Å². The van der Waals surface area contributed by atoms with Crippen LogP contribution >= 0.6 is 23.2 Å². The molecule has 0 unspecified atom stereocenters. The molecule has 0 spiro atoms. The first-order valence-corrected chi connectivity index (χ1v) is 10.2. The van der Waals surface area contributed by atoms with Crippen molar-refractivity contribution in [3.63, 3.8) is 0 Å². The first-order chi connectivity index (χ1) is 15.9. The average Bonchev–Trinajstić information content (AvgIpc) is 2.82. The number of carbonyl (C=O) groups excluding carboxylic acids is 3. The molecule has 10 heteroatoms. The summed E-state index contributed by atoms with van der Waals surface area (Å²) in [5.41, 5.74) is 3.04. The van der Waals surface area contributed by atoms with Crippen LogP contribution in [-0.4, -0.2) is 31.1 Å². The predicted octanol–water partition coefficient (Wildman–Crippen LogP) is 4.31. The van der Waals surface area contributed by atoms with Gasteiger partial charge in [0.2, 0.25) is 0 Å². The second kappa shape index (κ2) is 11.1. The van der Waals surface area contributed by atoms with Crippen LogP contribution in [0, 0.1) is 0 Å². The Morgan fingerprint density at radius 3 is 2.30 bits per heavy atom. The number of nitrogens with zero attached hydrogens (tertiary/aromatic N) is 1. The Balaban J connectivity index is 1.64. The summed E-state index contributed by atoms with van der Waals surface area (Å²) in [5, 5.41) is 6.68. The molecule has 0 bridgehead atoms. The monoisotopic (exact) mass is 485 g/mol. The lowest BCUT2D eigenvalue weighted by Gasteiger charge is -2.10. The summed E-state index contributed by atoms with van der Waals surface area (Å²) in [6.07, 6.45) is 1.25. The normalized spacial score (nSPS) is 10.5. The average molecular weight is 486 g/mol. The number of nitrogens with one attached hydrogen (secondary N) is 2. The predicted molar refractivity (Wildman–Crippen MR) is 125 cm³/mol. The molecule has 2 amide bonds. The molecule has 8 nitrogen and oxygen atoms in total. The Bertz CT molecular complexity index is 1230. The van der Waals surface area contributed by atoms with Gasteiger partial charge in [0, 0.05) is 11.3 Å². The molecule has 33 heavy (non-hydrogen) atoms. The minimum Gasteiger partial charge on any atom is -0.496 e. The van der Waals surface area contributed by atoms with E-state index in [-0.39, 0.29) is 16.3 Å². The van der Waals surface area contributed by atoms with Crippen molar-refractivity contribution in [3.05, 3.63) is 87.9 Å². The van der Waals surface area contributed by atoms with Gasteiger partial charge < -0.3 is 14.8 Å². The van der Waals surface area contributed by atoms with Crippen molar-refractivity contribution in [1.82, 2.24) is 5.43 Å². The first-order valence-electron chi connectivity index (χ1n) is 9.42. The lowest BCUT2D eigenvalue weighted by Crippen LogP contribution is -2.32. The topological polar surface area (TPSA) is 106 Å². The van der Waals surface area contributed by atoms with Gasteiger partial charge in [0.1, 0.15) is 17.1 Å². The number of amides is 2. The fourth-order valence-electron chi connectivity index (χ4n) is 2.62. The molecule has 0 aliphatic heterocycles. The fourth-order valence-corrected chi connectivity index (χ4v) is 2.92. The van der Waals surface area contributed by atoms with Gasteiger partial charge in [-0.25, -0.2) is 10.2 Å². The van der Waals surface area contributed by atoms with Crippen LogP contribution in [0.5, 0.6) is 11.5 Å². The van der Waals surface area contributed by atoms with E-state index in [0.717, 1.165) is 0 Å². The molecular weight excluding hydrogens is 469 g/mol. The number of esters is 1. The highest BCUT2D eigenvalue weighted by molar-refractivity contribution is 6.43. The number of hydrogen-bond acceptors (Lipinski definition) is 6. The highest BCUT2D eigenvalue weighted by Crippen LogP contribution is 2.25. The van der Waals surface area contributed by atoms with Crippen molar-refractivity contribution >= 4 is 52.9 Å². The number of carbonyl (C=O) groups is 3. The maximum atomic E-state index is 12.5. The van der Waals surface area contributed by atoms with Crippen molar-refractivity contribution in [2.45, 2.75) is 0 Å². The second-order valence-electron chi connectivity index (χ2n) is 6.41. The van der Waals surface area contributed by atoms with Crippen LogP contribution in [0.1, 0.15) is 15.9 Å². The lowest BCUT2D eigenvalue weighted by molar-refractivity contribution is -0.136. The summed E-state index contributed by atoms with van der Waals surface area (Å²) in [6, 6.07) is 17.6. The minimum atomic E-state index is -1.01. The number of ether oxygens (including phenoxy) is 2. The fraction of sp³-hybridized carbons (Fsp3) is 0.0435. The van der Waals surface area contributed by atoms with Crippen molar-refractivity contribution in [3.8, 4) is 11.5 Å². The Labute approximate surface area is 199 Å². The van der Waals surface area contributed by atoms with E-state index in [9.17, 15) is 14.4 Å². The van der Waals surface area contributed by atoms with Gasteiger partial charge in [0.25, 0.3) is 0 Å². The highest BCUT2D eigenvalue weighted by Gasteiger charge is 2.16. The van der Waals surface area contributed by atoms with Crippen LogP contribution in [-0.2, 0) is 9.59 Å². The van der Waals surface area contributed by atoms with Crippen molar-refractivity contribution in [1.29, 1.82) is 0 Å². The molecule has 0 aliphatic rings. The van der Waals surface area contributed by atoms with Crippen LogP contribution in [0.2, 0.25) is 10.0 Å². The molecule has 3 aromatic rings. The van der Waals surface area contributed by atoms with Crippen LogP contribution < -0.4 is 20.2 Å². The Morgan fingerprint density at radius 2 is 1.58 bits per heavy atom. The van der Waals surface area contributed by atoms with Gasteiger partial charge in [-0.3, -0.25) is 9.59 Å². The Hall–Kier alpha value is -3.88. The van der Waals surface area contributed by atoms with E-state index >= 15 is 0 Å².